The molecule has 0 saturated carbocycles. The fraction of sp³-hybridized carbons (Fsp3) is 0.300. The lowest BCUT2D eigenvalue weighted by Crippen LogP contribution is -2.37. The lowest BCUT2D eigenvalue weighted by atomic mass is 10.1. The second-order valence-corrected chi connectivity index (χ2v) is 9.97. The average Bonchev–Trinajstić information content (AvgIpc) is 3.16. The number of nitrogens with zero attached hydrogens (tertiary/aromatic N) is 3. The predicted octanol–water partition coefficient (Wildman–Crippen LogP) is 5.01. The molecule has 0 aliphatic rings. The van der Waals surface area contributed by atoms with Crippen LogP contribution in [-0.2, 0) is 30.7 Å². The molecule has 0 aliphatic carbocycles. The number of carboxylic acids is 1. The van der Waals surface area contributed by atoms with E-state index in [1.165, 1.54) is 30.7 Å². The Hall–Kier alpha value is -4.20. The molecule has 0 unspecified atom stereocenters. The molecule has 0 spiro atoms. The van der Waals surface area contributed by atoms with Gasteiger partial charge in [-0.15, -0.1) is 0 Å². The number of hydrogen-bond acceptors (Lipinski definition) is 4. The van der Waals surface area contributed by atoms with Gasteiger partial charge in [0.1, 0.15) is 17.4 Å². The normalized spacial score (nSPS) is 11.5. The monoisotopic (exact) mass is 517 g/mol. The summed E-state index contributed by atoms with van der Waals surface area (Å²) in [5, 5.41) is 13.9. The van der Waals surface area contributed by atoms with Crippen molar-refractivity contribution in [3.63, 3.8) is 0 Å². The summed E-state index contributed by atoms with van der Waals surface area (Å²) in [7, 11) is 0. The van der Waals surface area contributed by atoms with Crippen LogP contribution in [0.25, 0.3) is 0 Å². The van der Waals surface area contributed by atoms with Gasteiger partial charge in [0, 0.05) is 6.42 Å². The number of halogens is 1. The highest BCUT2D eigenvalue weighted by atomic mass is 19.1. The summed E-state index contributed by atoms with van der Waals surface area (Å²) >= 11 is 0. The summed E-state index contributed by atoms with van der Waals surface area (Å²) in [6, 6.07) is 21.5. The van der Waals surface area contributed by atoms with Crippen LogP contribution >= 0.6 is 0 Å². The van der Waals surface area contributed by atoms with E-state index in [1.54, 1.807) is 28.8 Å². The van der Waals surface area contributed by atoms with Crippen molar-refractivity contribution < 1.29 is 19.0 Å². The second kappa shape index (κ2) is 11.5. The molecule has 1 heterocycles. The van der Waals surface area contributed by atoms with Crippen molar-refractivity contribution in [2.75, 3.05) is 0 Å². The van der Waals surface area contributed by atoms with Gasteiger partial charge in [-0.2, -0.15) is 5.10 Å². The highest BCUT2D eigenvalue weighted by molar-refractivity contribution is 5.76. The summed E-state index contributed by atoms with van der Waals surface area (Å²) in [5.74, 6) is -0.187. The quantitative estimate of drug-likeness (QED) is 0.302. The van der Waals surface area contributed by atoms with Gasteiger partial charge in [-0.05, 0) is 74.6 Å². The van der Waals surface area contributed by atoms with Gasteiger partial charge in [-0.3, -0.25) is 4.57 Å². The minimum Gasteiger partial charge on any atom is -0.478 e. The molecule has 0 aliphatic heterocycles. The van der Waals surface area contributed by atoms with Crippen LogP contribution < -0.4 is 10.4 Å². The summed E-state index contributed by atoms with van der Waals surface area (Å²) in [4.78, 5) is 24.6. The number of carboxylic acid groups (broad SMARTS) is 1. The molecule has 7 nitrogen and oxygen atoms in total. The van der Waals surface area contributed by atoms with Crippen molar-refractivity contribution >= 4 is 5.97 Å². The summed E-state index contributed by atoms with van der Waals surface area (Å²) in [6.07, 6.45) is 2.09. The molecule has 0 radical (unpaired) electrons. The van der Waals surface area contributed by atoms with Crippen LogP contribution in [0.4, 0.5) is 4.39 Å². The molecule has 4 aromatic rings. The summed E-state index contributed by atoms with van der Waals surface area (Å²) in [6.45, 7) is 5.71. The molecule has 1 aromatic heterocycles. The molecule has 4 rings (SSSR count). The molecular weight excluding hydrogens is 485 g/mol. The first-order valence-corrected chi connectivity index (χ1v) is 12.6. The van der Waals surface area contributed by atoms with Crippen molar-refractivity contribution in [3.8, 4) is 5.75 Å². The number of benzene rings is 3. The highest BCUT2D eigenvalue weighted by Gasteiger charge is 2.29. The van der Waals surface area contributed by atoms with Gasteiger partial charge in [-0.25, -0.2) is 18.7 Å². The van der Waals surface area contributed by atoms with Gasteiger partial charge in [0.05, 0.1) is 13.1 Å². The number of hydrogen-bond donors (Lipinski definition) is 1. The maximum atomic E-state index is 13.4. The summed E-state index contributed by atoms with van der Waals surface area (Å²) in [5.41, 5.74) is 2.51. The van der Waals surface area contributed by atoms with Gasteiger partial charge in [-0.1, -0.05) is 54.1 Å². The first-order chi connectivity index (χ1) is 18.1. The molecule has 0 fully saturated rings. The molecule has 0 atom stereocenters. The van der Waals surface area contributed by atoms with Crippen molar-refractivity contribution in [2.45, 2.75) is 58.7 Å². The lowest BCUT2D eigenvalue weighted by Gasteiger charge is -2.21. The summed E-state index contributed by atoms with van der Waals surface area (Å²) < 4.78 is 22.1. The third-order valence-electron chi connectivity index (χ3n) is 6.38. The van der Waals surface area contributed by atoms with Gasteiger partial charge in [0.15, 0.2) is 5.60 Å². The van der Waals surface area contributed by atoms with E-state index in [1.807, 2.05) is 43.3 Å². The van der Waals surface area contributed by atoms with Crippen LogP contribution in [0, 0.1) is 12.7 Å². The van der Waals surface area contributed by atoms with E-state index in [-0.39, 0.29) is 11.5 Å². The number of aliphatic carboxylic acids is 1. The van der Waals surface area contributed by atoms with Crippen molar-refractivity contribution in [1.82, 2.24) is 14.3 Å². The van der Waals surface area contributed by atoms with E-state index in [2.05, 4.69) is 5.10 Å². The second-order valence-electron chi connectivity index (χ2n) is 9.97. The van der Waals surface area contributed by atoms with Crippen molar-refractivity contribution in [3.05, 3.63) is 117 Å². The zero-order chi connectivity index (χ0) is 27.3. The fourth-order valence-corrected chi connectivity index (χ4v) is 4.08. The maximum Gasteiger partial charge on any atom is 0.347 e. The highest BCUT2D eigenvalue weighted by Crippen LogP contribution is 2.20. The average molecular weight is 518 g/mol. The minimum absolute atomic E-state index is 0.201. The Bertz CT molecular complexity index is 1440. The number of aryl methyl sites for hydroxylation is 3. The first-order valence-electron chi connectivity index (χ1n) is 12.6. The van der Waals surface area contributed by atoms with E-state index in [4.69, 9.17) is 4.74 Å². The standard InChI is InChI=1S/C30H32FN3O4/c1-21-7-9-24(10-8-21)20-34-29(37)33(19-23-11-15-25(31)16-12-23)27(32-34)6-4-5-22-13-17-26(18-14-22)38-30(2,3)28(35)36/h7-18H,4-6,19-20H2,1-3H3,(H,35,36). The Morgan fingerprint density at radius 1 is 0.895 bits per heavy atom. The van der Waals surface area contributed by atoms with Gasteiger partial charge in [0.25, 0.3) is 0 Å². The lowest BCUT2D eigenvalue weighted by molar-refractivity contribution is -0.152. The molecule has 1 N–H and O–H groups in total. The molecule has 198 valence electrons. The molecule has 8 heteroatoms. The van der Waals surface area contributed by atoms with Crippen LogP contribution in [0.1, 0.15) is 48.3 Å². The fourth-order valence-electron chi connectivity index (χ4n) is 4.08. The van der Waals surface area contributed by atoms with Gasteiger partial charge >= 0.3 is 11.7 Å². The Balaban J connectivity index is 1.48. The minimum atomic E-state index is -1.31. The Morgan fingerprint density at radius 2 is 1.47 bits per heavy atom. The van der Waals surface area contributed by atoms with E-state index in [0.29, 0.717) is 31.1 Å². The zero-order valence-electron chi connectivity index (χ0n) is 21.9. The third-order valence-corrected chi connectivity index (χ3v) is 6.38. The van der Waals surface area contributed by atoms with Crippen LogP contribution in [-0.4, -0.2) is 31.0 Å². The number of ether oxygens (including phenoxy) is 1. The van der Waals surface area contributed by atoms with E-state index < -0.39 is 11.6 Å². The van der Waals surface area contributed by atoms with E-state index in [0.717, 1.165) is 35.1 Å². The molecule has 0 bridgehead atoms. The Kier molecular flexibility index (Phi) is 8.10. The smallest absolute Gasteiger partial charge is 0.347 e. The first kappa shape index (κ1) is 26.9. The van der Waals surface area contributed by atoms with Gasteiger partial charge in [0.2, 0.25) is 0 Å². The number of aromatic nitrogens is 3. The molecule has 0 saturated heterocycles. The molecule has 0 amide bonds. The van der Waals surface area contributed by atoms with Crippen molar-refractivity contribution in [1.29, 1.82) is 0 Å². The van der Waals surface area contributed by atoms with E-state index in [9.17, 15) is 19.1 Å². The third kappa shape index (κ3) is 6.76. The Morgan fingerprint density at radius 3 is 2.11 bits per heavy atom. The van der Waals surface area contributed by atoms with Crippen LogP contribution in [0.3, 0.4) is 0 Å². The number of rotatable bonds is 11. The number of carbonyl (C=O) groups is 1. The Labute approximate surface area is 221 Å². The van der Waals surface area contributed by atoms with Gasteiger partial charge < -0.3 is 9.84 Å². The van der Waals surface area contributed by atoms with Crippen LogP contribution in [0.2, 0.25) is 0 Å². The van der Waals surface area contributed by atoms with Crippen LogP contribution in [0.5, 0.6) is 5.75 Å². The topological polar surface area (TPSA) is 86.3 Å². The maximum absolute atomic E-state index is 13.4. The zero-order valence-corrected chi connectivity index (χ0v) is 21.9. The molecule has 3 aromatic carbocycles. The molecule has 38 heavy (non-hydrogen) atoms. The van der Waals surface area contributed by atoms with E-state index >= 15 is 0 Å². The van der Waals surface area contributed by atoms with Crippen LogP contribution in [0.15, 0.2) is 77.6 Å². The van der Waals surface area contributed by atoms with Crippen molar-refractivity contribution in [2.24, 2.45) is 0 Å². The SMILES string of the molecule is Cc1ccc(Cn2nc(CCCc3ccc(OC(C)(C)C(=O)O)cc3)n(Cc3ccc(F)cc3)c2=O)cc1. The largest absolute Gasteiger partial charge is 0.478 e. The molecular formula is C30H32FN3O4. The predicted molar refractivity (Wildman–Crippen MR) is 143 cm³/mol.